The molecule has 0 aliphatic carbocycles. The highest BCUT2D eigenvalue weighted by Crippen LogP contribution is 2.15. The molecule has 0 spiro atoms. The van der Waals surface area contributed by atoms with Crippen LogP contribution in [0.4, 0.5) is 11.6 Å². The number of carboxylic acid groups (broad SMARTS) is 1. The molecule has 0 saturated carbocycles. The van der Waals surface area contributed by atoms with E-state index in [4.69, 9.17) is 0 Å². The quantitative estimate of drug-likeness (QED) is 0.492. The lowest BCUT2D eigenvalue weighted by Crippen LogP contribution is -2.42. The molecule has 3 rings (SSSR count). The van der Waals surface area contributed by atoms with Gasteiger partial charge in [0.05, 0.1) is 6.33 Å². The molecular weight excluding hydrogens is 360 g/mol. The fourth-order valence-corrected chi connectivity index (χ4v) is 2.67. The number of nitrogens with one attached hydrogen (secondary N) is 3. The molecule has 2 heterocycles. The Hall–Kier alpha value is -3.75. The van der Waals surface area contributed by atoms with E-state index in [2.05, 4.69) is 30.6 Å². The number of aliphatic carboxylic acids is 1. The van der Waals surface area contributed by atoms with Crippen molar-refractivity contribution in [3.63, 3.8) is 0 Å². The highest BCUT2D eigenvalue weighted by Gasteiger charge is 2.21. The molecule has 1 amide bonds. The Kier molecular flexibility index (Phi) is 5.64. The molecule has 1 atom stereocenters. The number of aromatic nitrogens is 4. The molecule has 1 aromatic carbocycles. The first-order valence-corrected chi connectivity index (χ1v) is 8.61. The second-order valence-corrected chi connectivity index (χ2v) is 6.32. The summed E-state index contributed by atoms with van der Waals surface area (Å²) in [5.41, 5.74) is 3.39. The Bertz CT molecular complexity index is 950. The summed E-state index contributed by atoms with van der Waals surface area (Å²) in [6.45, 7) is 3.77. The van der Waals surface area contributed by atoms with Crippen LogP contribution in [-0.2, 0) is 11.2 Å². The van der Waals surface area contributed by atoms with Gasteiger partial charge in [-0.1, -0.05) is 0 Å². The number of anilines is 2. The lowest BCUT2D eigenvalue weighted by molar-refractivity contribution is -0.139. The molecule has 9 nitrogen and oxygen atoms in total. The SMILES string of the molecule is Cc1cc(C)nc(Nc2ccc(C(=O)NC(Cc3cnc[nH]3)C(=O)O)cc2)n1. The Morgan fingerprint density at radius 2 is 1.82 bits per heavy atom. The van der Waals surface area contributed by atoms with Gasteiger partial charge in [0.15, 0.2) is 0 Å². The predicted octanol–water partition coefficient (Wildman–Crippen LogP) is 1.99. The van der Waals surface area contributed by atoms with Gasteiger partial charge < -0.3 is 20.7 Å². The lowest BCUT2D eigenvalue weighted by Gasteiger charge is -2.14. The first-order valence-electron chi connectivity index (χ1n) is 8.61. The summed E-state index contributed by atoms with van der Waals surface area (Å²) in [4.78, 5) is 39.1. The van der Waals surface area contributed by atoms with Crippen LogP contribution < -0.4 is 10.6 Å². The number of benzene rings is 1. The van der Waals surface area contributed by atoms with E-state index < -0.39 is 17.9 Å². The van der Waals surface area contributed by atoms with E-state index in [1.54, 1.807) is 24.3 Å². The van der Waals surface area contributed by atoms with Crippen LogP contribution in [0.15, 0.2) is 42.9 Å². The van der Waals surface area contributed by atoms with Gasteiger partial charge in [0, 0.05) is 41.0 Å². The van der Waals surface area contributed by atoms with Crippen molar-refractivity contribution in [1.29, 1.82) is 0 Å². The first kappa shape index (κ1) is 19.0. The number of carbonyl (C=O) groups is 2. The third-order valence-electron chi connectivity index (χ3n) is 3.97. The van der Waals surface area contributed by atoms with Crippen LogP contribution in [0, 0.1) is 13.8 Å². The van der Waals surface area contributed by atoms with E-state index >= 15 is 0 Å². The molecule has 0 saturated heterocycles. The zero-order valence-corrected chi connectivity index (χ0v) is 15.4. The summed E-state index contributed by atoms with van der Waals surface area (Å²) in [6.07, 6.45) is 3.10. The standard InChI is InChI=1S/C19H20N6O3/c1-11-7-12(2)23-19(22-11)24-14-5-3-13(4-6-14)17(26)25-16(18(27)28)8-15-9-20-10-21-15/h3-7,9-10,16H,8H2,1-2H3,(H,20,21)(H,25,26)(H,27,28)(H,22,23,24). The highest BCUT2D eigenvalue weighted by molar-refractivity contribution is 5.97. The van der Waals surface area contributed by atoms with Crippen molar-refractivity contribution in [3.8, 4) is 0 Å². The van der Waals surface area contributed by atoms with Gasteiger partial charge in [0.1, 0.15) is 6.04 Å². The normalized spacial score (nSPS) is 11.6. The molecule has 0 aliphatic rings. The number of amides is 1. The molecule has 2 aromatic heterocycles. The van der Waals surface area contributed by atoms with E-state index in [0.29, 0.717) is 22.9 Å². The molecule has 0 bridgehead atoms. The highest BCUT2D eigenvalue weighted by atomic mass is 16.4. The van der Waals surface area contributed by atoms with E-state index in [0.717, 1.165) is 11.4 Å². The predicted molar refractivity (Wildman–Crippen MR) is 102 cm³/mol. The molecular formula is C19H20N6O3. The van der Waals surface area contributed by atoms with Gasteiger partial charge in [0.25, 0.3) is 5.91 Å². The van der Waals surface area contributed by atoms with E-state index in [1.807, 2.05) is 19.9 Å². The smallest absolute Gasteiger partial charge is 0.326 e. The summed E-state index contributed by atoms with van der Waals surface area (Å²) < 4.78 is 0. The average Bonchev–Trinajstić information content (AvgIpc) is 3.14. The summed E-state index contributed by atoms with van der Waals surface area (Å²) in [5.74, 6) is -1.12. The molecule has 144 valence electrons. The van der Waals surface area contributed by atoms with E-state index in [9.17, 15) is 14.7 Å². The molecule has 0 aliphatic heterocycles. The van der Waals surface area contributed by atoms with Crippen LogP contribution >= 0.6 is 0 Å². The second-order valence-electron chi connectivity index (χ2n) is 6.32. The third-order valence-corrected chi connectivity index (χ3v) is 3.97. The molecule has 4 N–H and O–H groups in total. The van der Waals surface area contributed by atoms with Crippen LogP contribution in [0.3, 0.4) is 0 Å². The number of imidazole rings is 1. The monoisotopic (exact) mass is 380 g/mol. The van der Waals surface area contributed by atoms with Crippen molar-refractivity contribution < 1.29 is 14.7 Å². The molecule has 3 aromatic rings. The second kappa shape index (κ2) is 8.30. The summed E-state index contributed by atoms with van der Waals surface area (Å²) >= 11 is 0. The topological polar surface area (TPSA) is 133 Å². The van der Waals surface area contributed by atoms with Gasteiger partial charge in [-0.25, -0.2) is 19.7 Å². The number of aromatic amines is 1. The minimum atomic E-state index is -1.12. The van der Waals surface area contributed by atoms with E-state index in [1.165, 1.54) is 12.5 Å². The van der Waals surface area contributed by atoms with Gasteiger partial charge in [0.2, 0.25) is 5.95 Å². The number of carbonyl (C=O) groups excluding carboxylic acids is 1. The zero-order valence-electron chi connectivity index (χ0n) is 15.4. The van der Waals surface area contributed by atoms with Gasteiger partial charge in [-0.15, -0.1) is 0 Å². The van der Waals surface area contributed by atoms with Gasteiger partial charge in [-0.3, -0.25) is 4.79 Å². The maximum Gasteiger partial charge on any atom is 0.326 e. The number of hydrogen-bond donors (Lipinski definition) is 4. The van der Waals surface area contributed by atoms with Crippen molar-refractivity contribution in [2.75, 3.05) is 5.32 Å². The summed E-state index contributed by atoms with van der Waals surface area (Å²) in [6, 6.07) is 7.45. The van der Waals surface area contributed by atoms with Gasteiger partial charge >= 0.3 is 5.97 Å². The molecule has 1 unspecified atom stereocenters. The van der Waals surface area contributed by atoms with Gasteiger partial charge in [-0.2, -0.15) is 0 Å². The van der Waals surface area contributed by atoms with E-state index in [-0.39, 0.29) is 6.42 Å². The summed E-state index contributed by atoms with van der Waals surface area (Å²) in [7, 11) is 0. The van der Waals surface area contributed by atoms with Crippen molar-refractivity contribution in [2.24, 2.45) is 0 Å². The Labute approximate surface area is 161 Å². The fourth-order valence-electron chi connectivity index (χ4n) is 2.67. The number of H-pyrrole nitrogens is 1. The van der Waals surface area contributed by atoms with Crippen LogP contribution in [0.25, 0.3) is 0 Å². The molecule has 0 fully saturated rings. The Morgan fingerprint density at radius 3 is 2.39 bits per heavy atom. The first-order chi connectivity index (χ1) is 13.4. The van der Waals surface area contributed by atoms with Crippen molar-refractivity contribution in [2.45, 2.75) is 26.3 Å². The minimum Gasteiger partial charge on any atom is -0.480 e. The van der Waals surface area contributed by atoms with Crippen LogP contribution in [-0.4, -0.2) is 43.0 Å². The van der Waals surface area contributed by atoms with Crippen LogP contribution in [0.1, 0.15) is 27.4 Å². The number of aryl methyl sites for hydroxylation is 2. The maximum absolute atomic E-state index is 12.4. The third kappa shape index (κ3) is 4.91. The van der Waals surface area contributed by atoms with Crippen LogP contribution in [0.5, 0.6) is 0 Å². The largest absolute Gasteiger partial charge is 0.480 e. The number of nitrogens with zero attached hydrogens (tertiary/aromatic N) is 3. The number of carboxylic acids is 1. The average molecular weight is 380 g/mol. The Balaban J connectivity index is 1.66. The molecule has 0 radical (unpaired) electrons. The van der Waals surface area contributed by atoms with Crippen molar-refractivity contribution in [1.82, 2.24) is 25.3 Å². The Morgan fingerprint density at radius 1 is 1.14 bits per heavy atom. The van der Waals surface area contributed by atoms with Gasteiger partial charge in [-0.05, 0) is 44.2 Å². The zero-order chi connectivity index (χ0) is 20.1. The maximum atomic E-state index is 12.4. The number of rotatable bonds is 7. The summed E-state index contributed by atoms with van der Waals surface area (Å²) in [5, 5.41) is 15.0. The van der Waals surface area contributed by atoms with Crippen molar-refractivity contribution in [3.05, 3.63) is 65.5 Å². The molecule has 9 heteroatoms. The fraction of sp³-hybridized carbons (Fsp3) is 0.211. The van der Waals surface area contributed by atoms with Crippen molar-refractivity contribution >= 4 is 23.5 Å². The lowest BCUT2D eigenvalue weighted by atomic mass is 10.1. The minimum absolute atomic E-state index is 0.116. The number of hydrogen-bond acceptors (Lipinski definition) is 6. The van der Waals surface area contributed by atoms with Crippen LogP contribution in [0.2, 0.25) is 0 Å². The molecule has 28 heavy (non-hydrogen) atoms.